The SMILES string of the molecule is COc1ccc(CC(=O)O[C@@H](C(=O)Nc2ccc(F)cc2)c2ccccc2)cc1F. The predicted molar refractivity (Wildman–Crippen MR) is 107 cm³/mol. The molecule has 154 valence electrons. The van der Waals surface area contributed by atoms with Crippen LogP contribution in [0, 0.1) is 11.6 Å². The Balaban J connectivity index is 1.75. The Morgan fingerprint density at radius 2 is 1.67 bits per heavy atom. The summed E-state index contributed by atoms with van der Waals surface area (Å²) in [6.45, 7) is 0. The van der Waals surface area contributed by atoms with Gasteiger partial charge in [-0.05, 0) is 42.0 Å². The summed E-state index contributed by atoms with van der Waals surface area (Å²) in [5, 5.41) is 2.60. The molecule has 0 aliphatic heterocycles. The number of amides is 1. The maximum absolute atomic E-state index is 13.9. The molecule has 3 rings (SSSR count). The average molecular weight is 411 g/mol. The number of benzene rings is 3. The molecule has 0 aliphatic carbocycles. The highest BCUT2D eigenvalue weighted by molar-refractivity contribution is 5.96. The monoisotopic (exact) mass is 411 g/mol. The number of rotatable bonds is 7. The maximum atomic E-state index is 13.9. The van der Waals surface area contributed by atoms with E-state index in [0.717, 1.165) is 0 Å². The van der Waals surface area contributed by atoms with Crippen LogP contribution in [0.2, 0.25) is 0 Å². The van der Waals surface area contributed by atoms with Gasteiger partial charge in [0.15, 0.2) is 11.6 Å². The Morgan fingerprint density at radius 3 is 2.30 bits per heavy atom. The lowest BCUT2D eigenvalue weighted by Gasteiger charge is -2.18. The summed E-state index contributed by atoms with van der Waals surface area (Å²) in [5.41, 5.74) is 1.20. The van der Waals surface area contributed by atoms with Crippen molar-refractivity contribution in [1.82, 2.24) is 0 Å². The van der Waals surface area contributed by atoms with Crippen LogP contribution in [0.1, 0.15) is 17.2 Å². The van der Waals surface area contributed by atoms with E-state index in [0.29, 0.717) is 16.8 Å². The Hall–Kier alpha value is -3.74. The molecule has 0 saturated heterocycles. The van der Waals surface area contributed by atoms with Crippen LogP contribution in [-0.2, 0) is 20.7 Å². The highest BCUT2D eigenvalue weighted by Gasteiger charge is 2.25. The molecular weight excluding hydrogens is 392 g/mol. The van der Waals surface area contributed by atoms with Gasteiger partial charge < -0.3 is 14.8 Å². The van der Waals surface area contributed by atoms with Crippen molar-refractivity contribution in [2.75, 3.05) is 12.4 Å². The number of carbonyl (C=O) groups excluding carboxylic acids is 2. The zero-order chi connectivity index (χ0) is 21.5. The first-order valence-electron chi connectivity index (χ1n) is 9.09. The van der Waals surface area contributed by atoms with Gasteiger partial charge in [0.05, 0.1) is 13.5 Å². The molecule has 7 heteroatoms. The zero-order valence-electron chi connectivity index (χ0n) is 16.1. The summed E-state index contributed by atoms with van der Waals surface area (Å²) < 4.78 is 37.2. The average Bonchev–Trinajstić information content (AvgIpc) is 2.74. The van der Waals surface area contributed by atoms with Gasteiger partial charge in [0.2, 0.25) is 6.10 Å². The fourth-order valence-corrected chi connectivity index (χ4v) is 2.80. The van der Waals surface area contributed by atoms with Crippen molar-refractivity contribution >= 4 is 17.6 Å². The maximum Gasteiger partial charge on any atom is 0.311 e. The first kappa shape index (κ1) is 21.0. The van der Waals surface area contributed by atoms with Crippen LogP contribution in [0.4, 0.5) is 14.5 Å². The third kappa shape index (κ3) is 5.41. The smallest absolute Gasteiger partial charge is 0.311 e. The fourth-order valence-electron chi connectivity index (χ4n) is 2.80. The highest BCUT2D eigenvalue weighted by Crippen LogP contribution is 2.22. The number of halogens is 2. The van der Waals surface area contributed by atoms with Crippen molar-refractivity contribution in [3.8, 4) is 5.75 Å². The van der Waals surface area contributed by atoms with E-state index in [2.05, 4.69) is 5.32 Å². The molecule has 0 spiro atoms. The van der Waals surface area contributed by atoms with Crippen LogP contribution in [0.15, 0.2) is 72.8 Å². The first-order valence-corrected chi connectivity index (χ1v) is 9.09. The van der Waals surface area contributed by atoms with E-state index in [-0.39, 0.29) is 12.2 Å². The lowest BCUT2D eigenvalue weighted by molar-refractivity contribution is -0.154. The Morgan fingerprint density at radius 1 is 0.967 bits per heavy atom. The van der Waals surface area contributed by atoms with Gasteiger partial charge in [-0.25, -0.2) is 8.78 Å². The number of ether oxygens (including phenoxy) is 2. The second-order valence-electron chi connectivity index (χ2n) is 6.42. The molecule has 1 amide bonds. The van der Waals surface area contributed by atoms with E-state index in [9.17, 15) is 18.4 Å². The van der Waals surface area contributed by atoms with Crippen LogP contribution in [0.25, 0.3) is 0 Å². The summed E-state index contributed by atoms with van der Waals surface area (Å²) >= 11 is 0. The second-order valence-corrected chi connectivity index (χ2v) is 6.42. The molecule has 0 aromatic heterocycles. The summed E-state index contributed by atoms with van der Waals surface area (Å²) in [5.74, 6) is -2.28. The fraction of sp³-hybridized carbons (Fsp3) is 0.130. The molecule has 0 heterocycles. The molecule has 3 aromatic carbocycles. The topological polar surface area (TPSA) is 64.6 Å². The summed E-state index contributed by atoms with van der Waals surface area (Å²) in [4.78, 5) is 25.2. The minimum atomic E-state index is -1.23. The van der Waals surface area contributed by atoms with Gasteiger partial charge >= 0.3 is 5.97 Å². The van der Waals surface area contributed by atoms with Gasteiger partial charge in [0, 0.05) is 11.3 Å². The first-order chi connectivity index (χ1) is 14.5. The van der Waals surface area contributed by atoms with Crippen LogP contribution in [0.5, 0.6) is 5.75 Å². The standard InChI is InChI=1S/C23H19F2NO4/c1-29-20-12-7-15(13-19(20)25)14-21(27)30-22(16-5-3-2-4-6-16)23(28)26-18-10-8-17(24)9-11-18/h2-13,22H,14H2,1H3,(H,26,28)/t22-/m1/s1. The number of hydrogen-bond acceptors (Lipinski definition) is 4. The quantitative estimate of drug-likeness (QED) is 0.584. The van der Waals surface area contributed by atoms with E-state index in [4.69, 9.17) is 9.47 Å². The number of esters is 1. The number of carbonyl (C=O) groups is 2. The Bertz CT molecular complexity index is 1020. The lowest BCUT2D eigenvalue weighted by atomic mass is 10.1. The van der Waals surface area contributed by atoms with E-state index in [1.54, 1.807) is 36.4 Å². The van der Waals surface area contributed by atoms with Crippen molar-refractivity contribution in [2.24, 2.45) is 0 Å². The van der Waals surface area contributed by atoms with Gasteiger partial charge in [-0.2, -0.15) is 0 Å². The molecule has 0 unspecified atom stereocenters. The van der Waals surface area contributed by atoms with Gasteiger partial charge in [0.1, 0.15) is 5.82 Å². The van der Waals surface area contributed by atoms with E-state index in [1.165, 1.54) is 43.5 Å². The second kappa shape index (κ2) is 9.65. The molecular formula is C23H19F2NO4. The molecule has 5 nitrogen and oxygen atoms in total. The Kier molecular flexibility index (Phi) is 6.75. The number of hydrogen-bond donors (Lipinski definition) is 1. The van der Waals surface area contributed by atoms with E-state index >= 15 is 0 Å². The van der Waals surface area contributed by atoms with Gasteiger partial charge in [-0.3, -0.25) is 9.59 Å². The molecule has 0 saturated carbocycles. The number of anilines is 1. The summed E-state index contributed by atoms with van der Waals surface area (Å²) in [6.07, 6.45) is -1.46. The van der Waals surface area contributed by atoms with Crippen molar-refractivity contribution in [1.29, 1.82) is 0 Å². The van der Waals surface area contributed by atoms with Crippen molar-refractivity contribution < 1.29 is 27.8 Å². The molecule has 0 bridgehead atoms. The molecule has 30 heavy (non-hydrogen) atoms. The van der Waals surface area contributed by atoms with Crippen molar-refractivity contribution in [3.05, 3.63) is 95.6 Å². The molecule has 0 radical (unpaired) electrons. The summed E-state index contributed by atoms with van der Waals surface area (Å²) in [6, 6.07) is 17.8. The molecule has 0 fully saturated rings. The predicted octanol–water partition coefficient (Wildman–Crippen LogP) is 4.44. The van der Waals surface area contributed by atoms with Crippen LogP contribution in [-0.4, -0.2) is 19.0 Å². The Labute approximate surface area is 172 Å². The molecule has 3 aromatic rings. The summed E-state index contributed by atoms with van der Waals surface area (Å²) in [7, 11) is 1.34. The van der Waals surface area contributed by atoms with Crippen LogP contribution < -0.4 is 10.1 Å². The zero-order valence-corrected chi connectivity index (χ0v) is 16.1. The molecule has 1 N–H and O–H groups in total. The minimum absolute atomic E-state index is 0.0629. The van der Waals surface area contributed by atoms with Crippen molar-refractivity contribution in [3.63, 3.8) is 0 Å². The van der Waals surface area contributed by atoms with E-state index in [1.807, 2.05) is 0 Å². The van der Waals surface area contributed by atoms with Gasteiger partial charge in [-0.1, -0.05) is 36.4 Å². The van der Waals surface area contributed by atoms with Gasteiger partial charge in [-0.15, -0.1) is 0 Å². The number of methoxy groups -OCH3 is 1. The molecule has 0 aliphatic rings. The van der Waals surface area contributed by atoms with Gasteiger partial charge in [0.25, 0.3) is 5.91 Å². The highest BCUT2D eigenvalue weighted by atomic mass is 19.1. The lowest BCUT2D eigenvalue weighted by Crippen LogP contribution is -2.26. The third-order valence-corrected chi connectivity index (χ3v) is 4.27. The van der Waals surface area contributed by atoms with E-state index < -0.39 is 29.6 Å². The molecule has 1 atom stereocenters. The van der Waals surface area contributed by atoms with Crippen molar-refractivity contribution in [2.45, 2.75) is 12.5 Å². The minimum Gasteiger partial charge on any atom is -0.494 e. The van der Waals surface area contributed by atoms with Crippen LogP contribution >= 0.6 is 0 Å². The third-order valence-electron chi connectivity index (χ3n) is 4.27. The normalized spacial score (nSPS) is 11.4. The van der Waals surface area contributed by atoms with Crippen LogP contribution in [0.3, 0.4) is 0 Å². The number of nitrogens with one attached hydrogen (secondary N) is 1. The largest absolute Gasteiger partial charge is 0.494 e.